The van der Waals surface area contributed by atoms with Crippen LogP contribution in [0.4, 0.5) is 4.79 Å². The summed E-state index contributed by atoms with van der Waals surface area (Å²) in [5.41, 5.74) is 0. The molecule has 1 aliphatic heterocycles. The van der Waals surface area contributed by atoms with Crippen molar-refractivity contribution in [1.29, 1.82) is 0 Å². The highest BCUT2D eigenvalue weighted by Gasteiger charge is 2.35. The highest BCUT2D eigenvalue weighted by Crippen LogP contribution is 2.16. The molecule has 0 aromatic heterocycles. The first kappa shape index (κ1) is 11.5. The van der Waals surface area contributed by atoms with E-state index in [-0.39, 0.29) is 31.8 Å². The fourth-order valence-electron chi connectivity index (χ4n) is 1.49. The third-order valence-electron chi connectivity index (χ3n) is 2.21. The van der Waals surface area contributed by atoms with E-state index in [4.69, 9.17) is 5.11 Å². The Morgan fingerprint density at radius 1 is 1.60 bits per heavy atom. The zero-order valence-corrected chi connectivity index (χ0v) is 8.43. The van der Waals surface area contributed by atoms with Crippen LogP contribution in [0.1, 0.15) is 19.8 Å². The molecule has 1 fully saturated rings. The van der Waals surface area contributed by atoms with Crippen LogP contribution in [-0.2, 0) is 14.3 Å². The summed E-state index contributed by atoms with van der Waals surface area (Å²) in [5, 5.41) is 8.85. The van der Waals surface area contributed by atoms with Crippen LogP contribution in [0.5, 0.6) is 0 Å². The largest absolute Gasteiger partial charge is 0.480 e. The monoisotopic (exact) mass is 215 g/mol. The van der Waals surface area contributed by atoms with Crippen molar-refractivity contribution >= 4 is 17.8 Å². The Hall–Kier alpha value is -1.59. The molecule has 0 aromatic carbocycles. The lowest BCUT2D eigenvalue weighted by atomic mass is 10.0. The number of nitrogens with zero attached hydrogens (tertiary/aromatic N) is 1. The fraction of sp³-hybridized carbons (Fsp3) is 0.667. The van der Waals surface area contributed by atoms with Crippen molar-refractivity contribution in [2.45, 2.75) is 25.8 Å². The van der Waals surface area contributed by atoms with E-state index in [0.29, 0.717) is 0 Å². The number of likely N-dealkylation sites (tertiary alicyclic amines) is 1. The van der Waals surface area contributed by atoms with Crippen LogP contribution < -0.4 is 0 Å². The predicted octanol–water partition coefficient (Wildman–Crippen LogP) is 0.261. The second-order valence-electron chi connectivity index (χ2n) is 3.26. The molecule has 1 N–H and O–H groups in total. The molecule has 1 aliphatic rings. The molecule has 0 aromatic rings. The van der Waals surface area contributed by atoms with Crippen molar-refractivity contribution in [2.24, 2.45) is 0 Å². The molecule has 1 saturated heterocycles. The van der Waals surface area contributed by atoms with Crippen LogP contribution in [-0.4, -0.2) is 47.0 Å². The summed E-state index contributed by atoms with van der Waals surface area (Å²) in [7, 11) is 0. The SMILES string of the molecule is CCOC(=O)N1CC(=O)CCC1C(=O)O. The predicted molar refractivity (Wildman–Crippen MR) is 49.4 cm³/mol. The van der Waals surface area contributed by atoms with E-state index in [1.165, 1.54) is 0 Å². The molecule has 1 rings (SSSR count). The standard InChI is InChI=1S/C9H13NO5/c1-2-15-9(14)10-5-6(11)3-4-7(10)8(12)13/h7H,2-5H2,1H3,(H,12,13). The molecule has 0 radical (unpaired) electrons. The number of ether oxygens (including phenoxy) is 1. The number of ketones is 1. The van der Waals surface area contributed by atoms with E-state index in [0.717, 1.165) is 4.90 Å². The van der Waals surface area contributed by atoms with Gasteiger partial charge in [-0.1, -0.05) is 0 Å². The van der Waals surface area contributed by atoms with Gasteiger partial charge >= 0.3 is 12.1 Å². The maximum atomic E-state index is 11.3. The summed E-state index contributed by atoms with van der Waals surface area (Å²) in [6.45, 7) is 1.62. The highest BCUT2D eigenvalue weighted by atomic mass is 16.6. The molecule has 1 amide bonds. The molecule has 6 nitrogen and oxygen atoms in total. The summed E-state index contributed by atoms with van der Waals surface area (Å²) in [6, 6.07) is -0.943. The molecule has 1 atom stereocenters. The number of carboxylic acids is 1. The lowest BCUT2D eigenvalue weighted by Gasteiger charge is -2.30. The number of amides is 1. The normalized spacial score (nSPS) is 21.3. The van der Waals surface area contributed by atoms with Gasteiger partial charge in [-0.05, 0) is 13.3 Å². The molecule has 0 spiro atoms. The number of piperidine rings is 1. The van der Waals surface area contributed by atoms with Crippen LogP contribution in [0.2, 0.25) is 0 Å². The zero-order valence-electron chi connectivity index (χ0n) is 8.43. The summed E-state index contributed by atoms with van der Waals surface area (Å²) in [5.74, 6) is -1.24. The van der Waals surface area contributed by atoms with Crippen molar-refractivity contribution < 1.29 is 24.2 Å². The van der Waals surface area contributed by atoms with Crippen molar-refractivity contribution in [3.8, 4) is 0 Å². The summed E-state index contributed by atoms with van der Waals surface area (Å²) < 4.78 is 4.68. The van der Waals surface area contributed by atoms with Gasteiger partial charge in [0.05, 0.1) is 13.2 Å². The summed E-state index contributed by atoms with van der Waals surface area (Å²) in [6.07, 6.45) is -0.377. The molecule has 1 unspecified atom stereocenters. The first-order valence-electron chi connectivity index (χ1n) is 4.74. The van der Waals surface area contributed by atoms with Crippen LogP contribution in [0.25, 0.3) is 0 Å². The third-order valence-corrected chi connectivity index (χ3v) is 2.21. The minimum Gasteiger partial charge on any atom is -0.480 e. The van der Waals surface area contributed by atoms with E-state index in [1.807, 2.05) is 0 Å². The molecular formula is C9H13NO5. The third kappa shape index (κ3) is 2.68. The van der Waals surface area contributed by atoms with Gasteiger partial charge in [-0.3, -0.25) is 9.69 Å². The molecule has 0 aliphatic carbocycles. The molecule has 0 saturated carbocycles. The number of hydrogen-bond acceptors (Lipinski definition) is 4. The van der Waals surface area contributed by atoms with E-state index in [1.54, 1.807) is 6.92 Å². The van der Waals surface area contributed by atoms with Gasteiger partial charge in [0.1, 0.15) is 6.04 Å². The van der Waals surface area contributed by atoms with Gasteiger partial charge in [-0.2, -0.15) is 0 Å². The van der Waals surface area contributed by atoms with Crippen LogP contribution in [0, 0.1) is 0 Å². The Labute approximate surface area is 86.8 Å². The van der Waals surface area contributed by atoms with Gasteiger partial charge in [0.25, 0.3) is 0 Å². The van der Waals surface area contributed by atoms with Crippen molar-refractivity contribution in [1.82, 2.24) is 4.90 Å². The average molecular weight is 215 g/mol. The molecular weight excluding hydrogens is 202 g/mol. The quantitative estimate of drug-likeness (QED) is 0.714. The van der Waals surface area contributed by atoms with Crippen LogP contribution >= 0.6 is 0 Å². The number of hydrogen-bond donors (Lipinski definition) is 1. The average Bonchev–Trinajstić information content (AvgIpc) is 2.17. The van der Waals surface area contributed by atoms with Crippen molar-refractivity contribution in [2.75, 3.05) is 13.2 Å². The lowest BCUT2D eigenvalue weighted by Crippen LogP contribution is -2.51. The Balaban J connectivity index is 2.74. The van der Waals surface area contributed by atoms with Crippen LogP contribution in [0.3, 0.4) is 0 Å². The summed E-state index contributed by atoms with van der Waals surface area (Å²) in [4.78, 5) is 34.2. The molecule has 6 heteroatoms. The lowest BCUT2D eigenvalue weighted by molar-refractivity contribution is -0.145. The Bertz CT molecular complexity index is 288. The maximum Gasteiger partial charge on any atom is 0.410 e. The maximum absolute atomic E-state index is 11.3. The van der Waals surface area contributed by atoms with Gasteiger partial charge in [-0.15, -0.1) is 0 Å². The molecule has 1 heterocycles. The minimum absolute atomic E-state index is 0.138. The molecule has 84 valence electrons. The second kappa shape index (κ2) is 4.77. The molecule has 15 heavy (non-hydrogen) atoms. The van der Waals surface area contributed by atoms with E-state index in [9.17, 15) is 14.4 Å². The minimum atomic E-state index is -1.10. The van der Waals surface area contributed by atoms with E-state index < -0.39 is 18.1 Å². The number of carbonyl (C=O) groups is 3. The second-order valence-corrected chi connectivity index (χ2v) is 3.26. The number of carboxylic acid groups (broad SMARTS) is 1. The Morgan fingerprint density at radius 3 is 2.80 bits per heavy atom. The number of aliphatic carboxylic acids is 1. The Morgan fingerprint density at radius 2 is 2.27 bits per heavy atom. The Kier molecular flexibility index (Phi) is 3.65. The van der Waals surface area contributed by atoms with Crippen LogP contribution in [0.15, 0.2) is 0 Å². The number of carbonyl (C=O) groups excluding carboxylic acids is 2. The van der Waals surface area contributed by atoms with Gasteiger partial charge in [0, 0.05) is 6.42 Å². The first-order chi connectivity index (χ1) is 7.06. The smallest absolute Gasteiger partial charge is 0.410 e. The number of rotatable bonds is 2. The van der Waals surface area contributed by atoms with Gasteiger partial charge in [-0.25, -0.2) is 9.59 Å². The topological polar surface area (TPSA) is 83.9 Å². The zero-order chi connectivity index (χ0) is 11.4. The summed E-state index contributed by atoms with van der Waals surface area (Å²) >= 11 is 0. The van der Waals surface area contributed by atoms with Gasteiger partial charge in [0.15, 0.2) is 5.78 Å². The van der Waals surface area contributed by atoms with E-state index in [2.05, 4.69) is 4.74 Å². The number of Topliss-reactive ketones (excluding diaryl/α,β-unsaturated/α-hetero) is 1. The van der Waals surface area contributed by atoms with Gasteiger partial charge < -0.3 is 9.84 Å². The van der Waals surface area contributed by atoms with Crippen molar-refractivity contribution in [3.63, 3.8) is 0 Å². The van der Waals surface area contributed by atoms with Crippen molar-refractivity contribution in [3.05, 3.63) is 0 Å². The van der Waals surface area contributed by atoms with E-state index >= 15 is 0 Å². The van der Waals surface area contributed by atoms with Gasteiger partial charge in [0.2, 0.25) is 0 Å². The highest BCUT2D eigenvalue weighted by molar-refractivity contribution is 5.89. The molecule has 0 bridgehead atoms. The fourth-order valence-corrected chi connectivity index (χ4v) is 1.49. The first-order valence-corrected chi connectivity index (χ1v) is 4.74.